The monoisotopic (exact) mass is 366 g/mol. The molecule has 0 aliphatic rings. The zero-order chi connectivity index (χ0) is 18.0. The molecule has 0 N–H and O–H groups in total. The van der Waals surface area contributed by atoms with Crippen LogP contribution in [0.25, 0.3) is 0 Å². The van der Waals surface area contributed by atoms with E-state index in [9.17, 15) is 16.8 Å². The van der Waals surface area contributed by atoms with E-state index in [1.807, 2.05) is 6.92 Å². The van der Waals surface area contributed by atoms with Gasteiger partial charge in [0.2, 0.25) is 9.84 Å². The minimum absolute atomic E-state index is 0.0346. The second-order valence-electron chi connectivity index (χ2n) is 5.42. The highest BCUT2D eigenvalue weighted by atomic mass is 32.2. The second kappa shape index (κ2) is 6.74. The van der Waals surface area contributed by atoms with E-state index in [2.05, 4.69) is 4.40 Å². The molecule has 0 unspecified atom stereocenters. The van der Waals surface area contributed by atoms with Crippen molar-refractivity contribution in [1.29, 1.82) is 0 Å². The van der Waals surface area contributed by atoms with Crippen molar-refractivity contribution < 1.29 is 16.8 Å². The first-order valence-corrected chi connectivity index (χ1v) is 9.94. The molecule has 0 spiro atoms. The Bertz CT molecular complexity index is 961. The van der Waals surface area contributed by atoms with Gasteiger partial charge in [0.1, 0.15) is 11.2 Å². The lowest BCUT2D eigenvalue weighted by molar-refractivity contribution is 0.582. The van der Waals surface area contributed by atoms with E-state index in [4.69, 9.17) is 0 Å². The molecule has 0 saturated carbocycles. The van der Waals surface area contributed by atoms with Crippen LogP contribution in [-0.4, -0.2) is 42.2 Å². The summed E-state index contributed by atoms with van der Waals surface area (Å²) in [5.74, 6) is 0. The molecule has 0 radical (unpaired) electrons. The van der Waals surface area contributed by atoms with Crippen LogP contribution >= 0.6 is 0 Å². The highest BCUT2D eigenvalue weighted by molar-refractivity contribution is 7.94. The Balaban J connectivity index is 2.63. The lowest BCUT2D eigenvalue weighted by atomic mass is 10.2. The predicted octanol–water partition coefficient (Wildman–Crippen LogP) is 2.11. The lowest BCUT2D eigenvalue weighted by Gasteiger charge is -2.10. The highest BCUT2D eigenvalue weighted by Gasteiger charge is 2.27. The van der Waals surface area contributed by atoms with Crippen molar-refractivity contribution in [2.75, 3.05) is 14.1 Å². The summed E-state index contributed by atoms with van der Waals surface area (Å²) in [6.07, 6.45) is 1.12. The van der Waals surface area contributed by atoms with Crippen molar-refractivity contribution in [3.05, 3.63) is 54.1 Å². The summed E-state index contributed by atoms with van der Waals surface area (Å²) in [4.78, 5) is 0.857. The van der Waals surface area contributed by atoms with Gasteiger partial charge in [0.05, 0.1) is 9.79 Å². The van der Waals surface area contributed by atoms with Crippen LogP contribution in [0.15, 0.2) is 67.6 Å². The van der Waals surface area contributed by atoms with Crippen LogP contribution in [0.1, 0.15) is 5.56 Å². The predicted molar refractivity (Wildman–Crippen MR) is 92.4 cm³/mol. The molecule has 0 fully saturated rings. The third-order valence-corrected chi connectivity index (χ3v) is 6.41. The molecule has 128 valence electrons. The van der Waals surface area contributed by atoms with Gasteiger partial charge in [-0.2, -0.15) is 8.42 Å². The fraction of sp³-hybridized carbons (Fsp3) is 0.188. The van der Waals surface area contributed by atoms with Gasteiger partial charge in [-0.1, -0.05) is 29.8 Å². The molecule has 0 aromatic heterocycles. The molecule has 0 heterocycles. The molecular formula is C16H18N2O4S2. The Morgan fingerprint density at radius 3 is 1.96 bits per heavy atom. The zero-order valence-corrected chi connectivity index (χ0v) is 15.2. The van der Waals surface area contributed by atoms with Crippen molar-refractivity contribution in [2.24, 2.45) is 4.40 Å². The summed E-state index contributed by atoms with van der Waals surface area (Å²) in [5.41, 5.74) is 0.908. The van der Waals surface area contributed by atoms with Crippen LogP contribution in [0.2, 0.25) is 0 Å². The minimum atomic E-state index is -4.14. The van der Waals surface area contributed by atoms with E-state index in [0.717, 1.165) is 11.9 Å². The molecule has 8 heteroatoms. The maximum Gasteiger partial charge on any atom is 0.284 e. The first-order valence-electron chi connectivity index (χ1n) is 7.02. The van der Waals surface area contributed by atoms with Crippen molar-refractivity contribution >= 4 is 26.2 Å². The number of hydrogen-bond acceptors (Lipinski definition) is 4. The number of rotatable bonds is 5. The van der Waals surface area contributed by atoms with Gasteiger partial charge >= 0.3 is 0 Å². The number of benzene rings is 2. The number of sulfonamides is 1. The van der Waals surface area contributed by atoms with Crippen molar-refractivity contribution in [3.8, 4) is 0 Å². The smallest absolute Gasteiger partial charge is 0.284 e. The standard InChI is InChI=1S/C16H18N2O4S2/c1-13-8-10-14(11-9-13)23(19,20)15-6-4-5-7-16(15)24(21,22)17-12-18(2)3/h4-12H,1-3H3/b17-12+. The first-order chi connectivity index (χ1) is 11.1. The molecule has 2 aromatic rings. The summed E-state index contributed by atoms with van der Waals surface area (Å²) in [6.45, 7) is 1.84. The van der Waals surface area contributed by atoms with E-state index in [-0.39, 0.29) is 14.7 Å². The fourth-order valence-corrected chi connectivity index (χ4v) is 4.93. The maximum atomic E-state index is 12.8. The highest BCUT2D eigenvalue weighted by Crippen LogP contribution is 2.28. The number of sulfone groups is 1. The van der Waals surface area contributed by atoms with E-state index in [0.29, 0.717) is 0 Å². The Hall–Kier alpha value is -2.19. The summed E-state index contributed by atoms with van der Waals surface area (Å²) in [7, 11) is -4.87. The topological polar surface area (TPSA) is 83.9 Å². The second-order valence-corrected chi connectivity index (χ2v) is 8.94. The summed E-state index contributed by atoms with van der Waals surface area (Å²) < 4.78 is 54.0. The van der Waals surface area contributed by atoms with Crippen LogP contribution in [0.5, 0.6) is 0 Å². The molecule has 0 atom stereocenters. The molecule has 0 aliphatic heterocycles. The van der Waals surface area contributed by atoms with Gasteiger partial charge in [-0.05, 0) is 31.2 Å². The Morgan fingerprint density at radius 1 is 0.875 bits per heavy atom. The average Bonchev–Trinajstić information content (AvgIpc) is 2.53. The van der Waals surface area contributed by atoms with Crippen LogP contribution in [0.3, 0.4) is 0 Å². The number of nitrogens with zero attached hydrogens (tertiary/aromatic N) is 2. The van der Waals surface area contributed by atoms with Gasteiger partial charge in [0.25, 0.3) is 10.0 Å². The Labute approximate surface area is 142 Å². The third-order valence-electron chi connectivity index (χ3n) is 3.16. The van der Waals surface area contributed by atoms with Crippen molar-refractivity contribution in [2.45, 2.75) is 21.6 Å². The van der Waals surface area contributed by atoms with Crippen molar-refractivity contribution in [3.63, 3.8) is 0 Å². The molecule has 0 bridgehead atoms. The van der Waals surface area contributed by atoms with Crippen LogP contribution in [0.4, 0.5) is 0 Å². The Kier molecular flexibility index (Phi) is 5.10. The molecule has 2 aromatic carbocycles. The largest absolute Gasteiger partial charge is 0.368 e. The quantitative estimate of drug-likeness (QED) is 0.598. The first kappa shape index (κ1) is 18.2. The van der Waals surface area contributed by atoms with Gasteiger partial charge in [-0.3, -0.25) is 0 Å². The molecule has 0 saturated heterocycles. The van der Waals surface area contributed by atoms with E-state index >= 15 is 0 Å². The Morgan fingerprint density at radius 2 is 1.42 bits per heavy atom. The van der Waals surface area contributed by atoms with Gasteiger partial charge in [0.15, 0.2) is 0 Å². The van der Waals surface area contributed by atoms with E-state index in [1.54, 1.807) is 26.2 Å². The third kappa shape index (κ3) is 3.82. The molecular weight excluding hydrogens is 348 g/mol. The number of aryl methyl sites for hydroxylation is 1. The average molecular weight is 366 g/mol. The van der Waals surface area contributed by atoms with Crippen LogP contribution in [-0.2, 0) is 19.9 Å². The van der Waals surface area contributed by atoms with Crippen LogP contribution in [0, 0.1) is 6.92 Å². The molecule has 0 aliphatic carbocycles. The normalized spacial score (nSPS) is 12.5. The van der Waals surface area contributed by atoms with Gasteiger partial charge in [-0.15, -0.1) is 4.40 Å². The SMILES string of the molecule is Cc1ccc(S(=O)(=O)c2ccccc2S(=O)(=O)/N=C/N(C)C)cc1. The molecule has 6 nitrogen and oxygen atoms in total. The summed E-state index contributed by atoms with van der Waals surface area (Å²) >= 11 is 0. The summed E-state index contributed by atoms with van der Waals surface area (Å²) in [6, 6.07) is 11.7. The zero-order valence-electron chi connectivity index (χ0n) is 13.5. The molecule has 0 amide bonds. The minimum Gasteiger partial charge on any atom is -0.368 e. The van der Waals surface area contributed by atoms with Gasteiger partial charge in [-0.25, -0.2) is 8.42 Å². The van der Waals surface area contributed by atoms with Crippen molar-refractivity contribution in [1.82, 2.24) is 4.90 Å². The lowest BCUT2D eigenvalue weighted by Crippen LogP contribution is -2.12. The fourth-order valence-electron chi connectivity index (χ4n) is 1.94. The summed E-state index contributed by atoms with van der Waals surface area (Å²) in [5, 5.41) is 0. The van der Waals surface area contributed by atoms with Gasteiger partial charge < -0.3 is 4.90 Å². The molecule has 2 rings (SSSR count). The maximum absolute atomic E-state index is 12.8. The van der Waals surface area contributed by atoms with E-state index in [1.165, 1.54) is 41.3 Å². The number of hydrogen-bond donors (Lipinski definition) is 0. The van der Waals surface area contributed by atoms with Gasteiger partial charge in [0, 0.05) is 14.1 Å². The molecule has 24 heavy (non-hydrogen) atoms. The van der Waals surface area contributed by atoms with E-state index < -0.39 is 19.9 Å². The van der Waals surface area contributed by atoms with Crippen LogP contribution < -0.4 is 0 Å².